The van der Waals surface area contributed by atoms with Gasteiger partial charge in [0.15, 0.2) is 0 Å². The molecule has 1 atom stereocenters. The highest BCUT2D eigenvalue weighted by atomic mass is 15.3. The van der Waals surface area contributed by atoms with E-state index in [9.17, 15) is 0 Å². The van der Waals surface area contributed by atoms with E-state index in [0.717, 1.165) is 12.1 Å². The molecule has 0 saturated heterocycles. The van der Waals surface area contributed by atoms with E-state index in [1.807, 2.05) is 6.20 Å². The molecule has 2 aromatic heterocycles. The topological polar surface area (TPSA) is 46.5 Å². The van der Waals surface area contributed by atoms with Crippen molar-refractivity contribution in [3.05, 3.63) is 35.4 Å². The first-order valence-electron chi connectivity index (χ1n) is 7.68. The van der Waals surface area contributed by atoms with E-state index in [1.165, 1.54) is 11.4 Å². The lowest BCUT2D eigenvalue weighted by Crippen LogP contribution is -2.22. The van der Waals surface area contributed by atoms with E-state index in [-0.39, 0.29) is 10.8 Å². The lowest BCUT2D eigenvalue weighted by molar-refractivity contribution is 0.420. The molecule has 2 aromatic rings. The van der Waals surface area contributed by atoms with Crippen LogP contribution in [-0.4, -0.2) is 20.0 Å². The second-order valence-corrected chi connectivity index (χ2v) is 7.99. The summed E-state index contributed by atoms with van der Waals surface area (Å²) in [7, 11) is 0. The minimum absolute atomic E-state index is 0.0836. The highest BCUT2D eigenvalue weighted by molar-refractivity contribution is 5.18. The quantitative estimate of drug-likeness (QED) is 0.927. The van der Waals surface area contributed by atoms with Crippen molar-refractivity contribution in [3.8, 4) is 0 Å². The first kappa shape index (κ1) is 15.8. The summed E-state index contributed by atoms with van der Waals surface area (Å²) in [5.41, 5.74) is 3.74. The maximum Gasteiger partial charge on any atom is 0.0678 e. The SMILES string of the molecule is CC(Cc1cc(C(C)(C)C)n[nH]1)n1nccc1C(C)(C)C. The normalized spacial score (nSPS) is 14.4. The summed E-state index contributed by atoms with van der Waals surface area (Å²) in [6.07, 6.45) is 2.80. The number of aromatic nitrogens is 4. The van der Waals surface area contributed by atoms with Crippen LogP contribution in [0.3, 0.4) is 0 Å². The Kier molecular flexibility index (Phi) is 4.00. The van der Waals surface area contributed by atoms with Gasteiger partial charge >= 0.3 is 0 Å². The highest BCUT2D eigenvalue weighted by Crippen LogP contribution is 2.26. The highest BCUT2D eigenvalue weighted by Gasteiger charge is 2.22. The van der Waals surface area contributed by atoms with Gasteiger partial charge in [0.25, 0.3) is 0 Å². The van der Waals surface area contributed by atoms with E-state index >= 15 is 0 Å². The van der Waals surface area contributed by atoms with Crippen LogP contribution < -0.4 is 0 Å². The number of aromatic amines is 1. The van der Waals surface area contributed by atoms with Gasteiger partial charge in [-0.15, -0.1) is 0 Å². The molecule has 1 N–H and O–H groups in total. The van der Waals surface area contributed by atoms with E-state index in [4.69, 9.17) is 0 Å². The molecular formula is C17H28N4. The van der Waals surface area contributed by atoms with Gasteiger partial charge in [-0.05, 0) is 19.1 Å². The van der Waals surface area contributed by atoms with Gasteiger partial charge in [0.2, 0.25) is 0 Å². The zero-order valence-electron chi connectivity index (χ0n) is 14.4. The summed E-state index contributed by atoms with van der Waals surface area (Å²) in [4.78, 5) is 0. The lowest BCUT2D eigenvalue weighted by atomic mass is 9.91. The molecule has 116 valence electrons. The van der Waals surface area contributed by atoms with Crippen LogP contribution in [0.2, 0.25) is 0 Å². The van der Waals surface area contributed by atoms with Crippen molar-refractivity contribution in [2.75, 3.05) is 0 Å². The fourth-order valence-electron chi connectivity index (χ4n) is 2.51. The van der Waals surface area contributed by atoms with Gasteiger partial charge in [-0.1, -0.05) is 41.5 Å². The van der Waals surface area contributed by atoms with Crippen LogP contribution in [0.5, 0.6) is 0 Å². The lowest BCUT2D eigenvalue weighted by Gasteiger charge is -2.23. The first-order chi connectivity index (χ1) is 9.59. The van der Waals surface area contributed by atoms with Crippen LogP contribution in [0, 0.1) is 0 Å². The Morgan fingerprint density at radius 3 is 2.33 bits per heavy atom. The Labute approximate surface area is 128 Å². The summed E-state index contributed by atoms with van der Waals surface area (Å²) < 4.78 is 2.14. The second kappa shape index (κ2) is 5.32. The number of nitrogens with zero attached hydrogens (tertiary/aromatic N) is 3. The van der Waals surface area contributed by atoms with Crippen LogP contribution in [0.25, 0.3) is 0 Å². The fraction of sp³-hybridized carbons (Fsp3) is 0.647. The Morgan fingerprint density at radius 2 is 1.81 bits per heavy atom. The minimum atomic E-state index is 0.0836. The molecule has 4 heteroatoms. The molecule has 2 heterocycles. The van der Waals surface area contributed by atoms with Crippen molar-refractivity contribution in [1.82, 2.24) is 20.0 Å². The summed E-state index contributed by atoms with van der Waals surface area (Å²) in [5, 5.41) is 12.1. The van der Waals surface area contributed by atoms with Crippen LogP contribution in [0.1, 0.15) is 71.6 Å². The number of H-pyrrole nitrogens is 1. The minimum Gasteiger partial charge on any atom is -0.282 e. The van der Waals surface area contributed by atoms with Gasteiger partial charge < -0.3 is 0 Å². The summed E-state index contributed by atoms with van der Waals surface area (Å²) >= 11 is 0. The van der Waals surface area contributed by atoms with Crippen molar-refractivity contribution in [1.29, 1.82) is 0 Å². The standard InChI is InChI=1S/C17H28N4/c1-12(21-15(8-9-18-21)17(5,6)7)10-13-11-14(20-19-13)16(2,3)4/h8-9,11-12H,10H2,1-7H3,(H,19,20). The third kappa shape index (κ3) is 3.55. The second-order valence-electron chi connectivity index (χ2n) is 7.99. The van der Waals surface area contributed by atoms with Gasteiger partial charge in [0.05, 0.1) is 11.7 Å². The largest absolute Gasteiger partial charge is 0.282 e. The van der Waals surface area contributed by atoms with Crippen molar-refractivity contribution in [2.45, 2.75) is 71.8 Å². The molecule has 0 aromatic carbocycles. The number of hydrogen-bond acceptors (Lipinski definition) is 2. The van der Waals surface area contributed by atoms with Gasteiger partial charge in [0, 0.05) is 34.8 Å². The zero-order valence-corrected chi connectivity index (χ0v) is 14.4. The zero-order chi connectivity index (χ0) is 15.8. The predicted octanol–water partition coefficient (Wildman–Crippen LogP) is 4.00. The van der Waals surface area contributed by atoms with Gasteiger partial charge in [0.1, 0.15) is 0 Å². The number of rotatable bonds is 3. The van der Waals surface area contributed by atoms with Crippen LogP contribution >= 0.6 is 0 Å². The molecule has 1 unspecified atom stereocenters. The van der Waals surface area contributed by atoms with E-state index in [1.54, 1.807) is 0 Å². The Morgan fingerprint density at radius 1 is 1.14 bits per heavy atom. The molecule has 0 bridgehead atoms. The summed E-state index contributed by atoms with van der Waals surface area (Å²) in [6.45, 7) is 15.4. The predicted molar refractivity (Wildman–Crippen MR) is 86.6 cm³/mol. The third-order valence-corrected chi connectivity index (χ3v) is 3.77. The molecule has 2 rings (SSSR count). The molecule has 0 aliphatic heterocycles. The first-order valence-corrected chi connectivity index (χ1v) is 7.68. The molecule has 0 spiro atoms. The maximum atomic E-state index is 4.52. The Hall–Kier alpha value is -1.58. The van der Waals surface area contributed by atoms with E-state index in [2.05, 4.69) is 80.6 Å². The average Bonchev–Trinajstić information content (AvgIpc) is 2.94. The number of hydrogen-bond donors (Lipinski definition) is 1. The van der Waals surface area contributed by atoms with Gasteiger partial charge in [-0.25, -0.2) is 0 Å². The van der Waals surface area contributed by atoms with E-state index in [0.29, 0.717) is 6.04 Å². The molecule has 0 aliphatic carbocycles. The molecule has 0 aliphatic rings. The average molecular weight is 288 g/mol. The Bertz CT molecular complexity index is 593. The van der Waals surface area contributed by atoms with Crippen LogP contribution in [0.4, 0.5) is 0 Å². The molecule has 0 fully saturated rings. The van der Waals surface area contributed by atoms with Crippen molar-refractivity contribution < 1.29 is 0 Å². The Balaban J connectivity index is 2.17. The van der Waals surface area contributed by atoms with Crippen LogP contribution in [-0.2, 0) is 17.3 Å². The molecule has 0 amide bonds. The summed E-state index contributed by atoms with van der Waals surface area (Å²) in [5.74, 6) is 0. The molecule has 0 radical (unpaired) electrons. The van der Waals surface area contributed by atoms with Crippen molar-refractivity contribution in [2.24, 2.45) is 0 Å². The maximum absolute atomic E-state index is 4.52. The fourth-order valence-corrected chi connectivity index (χ4v) is 2.51. The van der Waals surface area contributed by atoms with Gasteiger partial charge in [-0.2, -0.15) is 10.2 Å². The molecular weight excluding hydrogens is 260 g/mol. The van der Waals surface area contributed by atoms with Crippen molar-refractivity contribution in [3.63, 3.8) is 0 Å². The molecule has 4 nitrogen and oxygen atoms in total. The van der Waals surface area contributed by atoms with Crippen LogP contribution in [0.15, 0.2) is 18.3 Å². The molecule has 21 heavy (non-hydrogen) atoms. The van der Waals surface area contributed by atoms with Crippen molar-refractivity contribution >= 4 is 0 Å². The monoisotopic (exact) mass is 288 g/mol. The van der Waals surface area contributed by atoms with Gasteiger partial charge in [-0.3, -0.25) is 9.78 Å². The summed E-state index contributed by atoms with van der Waals surface area (Å²) in [6, 6.07) is 4.60. The number of nitrogens with one attached hydrogen (secondary N) is 1. The molecule has 0 saturated carbocycles. The third-order valence-electron chi connectivity index (χ3n) is 3.77. The smallest absolute Gasteiger partial charge is 0.0678 e. The van der Waals surface area contributed by atoms with E-state index < -0.39 is 0 Å².